The minimum atomic E-state index is -2.90. The van der Waals surface area contributed by atoms with Gasteiger partial charge in [0.1, 0.15) is 6.61 Å². The van der Waals surface area contributed by atoms with Gasteiger partial charge in [0.2, 0.25) is 0 Å². The predicted molar refractivity (Wildman–Crippen MR) is 136 cm³/mol. The van der Waals surface area contributed by atoms with Crippen LogP contribution < -0.4 is 10.4 Å². The lowest BCUT2D eigenvalue weighted by molar-refractivity contribution is -0.153. The molecule has 6 heteroatoms. The molecule has 0 spiro atoms. The number of carboxylic acids is 1. The van der Waals surface area contributed by atoms with Crippen LogP contribution >= 0.6 is 0 Å². The number of esters is 1. The van der Waals surface area contributed by atoms with E-state index in [2.05, 4.69) is 20.8 Å². The second kappa shape index (κ2) is 11.3. The number of carbonyl (C=O) groups excluding carboxylic acids is 1. The van der Waals surface area contributed by atoms with Crippen molar-refractivity contribution >= 4 is 30.6 Å². The van der Waals surface area contributed by atoms with Crippen LogP contribution in [0.5, 0.6) is 0 Å². The molecule has 34 heavy (non-hydrogen) atoms. The van der Waals surface area contributed by atoms with Gasteiger partial charge in [0.05, 0.1) is 12.3 Å². The van der Waals surface area contributed by atoms with Crippen molar-refractivity contribution in [1.29, 1.82) is 0 Å². The van der Waals surface area contributed by atoms with Gasteiger partial charge >= 0.3 is 11.9 Å². The molecule has 0 radical (unpaired) electrons. The molecule has 0 saturated heterocycles. The Morgan fingerprint density at radius 1 is 0.824 bits per heavy atom. The number of rotatable bonds is 10. The van der Waals surface area contributed by atoms with Crippen molar-refractivity contribution in [3.8, 4) is 0 Å². The summed E-state index contributed by atoms with van der Waals surface area (Å²) in [7, 11) is -2.90. The van der Waals surface area contributed by atoms with Gasteiger partial charge in [-0.2, -0.15) is 0 Å². The molecule has 0 unspecified atom stereocenters. The Morgan fingerprint density at radius 2 is 1.29 bits per heavy atom. The highest BCUT2D eigenvalue weighted by Crippen LogP contribution is 2.37. The molecule has 0 aliphatic rings. The summed E-state index contributed by atoms with van der Waals surface area (Å²) in [6.45, 7) is 6.42. The summed E-state index contributed by atoms with van der Waals surface area (Å²) in [6, 6.07) is 29.3. The van der Waals surface area contributed by atoms with Crippen LogP contribution in [0.2, 0.25) is 5.04 Å². The normalized spacial score (nSPS) is 12.7. The Labute approximate surface area is 202 Å². The quantitative estimate of drug-likeness (QED) is 0.347. The smallest absolute Gasteiger partial charge is 0.309 e. The SMILES string of the molecule is CC(C)(C)[Si](OC[C@@H](CC(=O)OCc1ccccc1)C(=O)O)(c1ccccc1)c1ccccc1. The van der Waals surface area contributed by atoms with E-state index in [0.29, 0.717) is 0 Å². The molecule has 1 N–H and O–H groups in total. The maximum absolute atomic E-state index is 12.5. The first-order valence-corrected chi connectivity index (χ1v) is 13.3. The number of hydrogen-bond acceptors (Lipinski definition) is 4. The highest BCUT2D eigenvalue weighted by Gasteiger charge is 2.50. The monoisotopic (exact) mass is 476 g/mol. The molecule has 3 aromatic rings. The van der Waals surface area contributed by atoms with Gasteiger partial charge in [-0.25, -0.2) is 0 Å². The van der Waals surface area contributed by atoms with Crippen LogP contribution in [0.3, 0.4) is 0 Å². The maximum atomic E-state index is 12.5. The Balaban J connectivity index is 1.83. The fourth-order valence-corrected chi connectivity index (χ4v) is 8.81. The van der Waals surface area contributed by atoms with Crippen molar-refractivity contribution in [2.45, 2.75) is 38.8 Å². The minimum absolute atomic E-state index is 0.0803. The minimum Gasteiger partial charge on any atom is -0.481 e. The standard InChI is InChI=1S/C28H32O5Si/c1-28(2,3)34(24-15-9-5-10-16-24,25-17-11-6-12-18-25)33-21-23(27(30)31)19-26(29)32-20-22-13-7-4-8-14-22/h4-18,23H,19-21H2,1-3H3,(H,30,31)/t23-/m1/s1. The lowest BCUT2D eigenvalue weighted by Crippen LogP contribution is -2.67. The molecule has 1 atom stereocenters. The Kier molecular flexibility index (Phi) is 8.42. The van der Waals surface area contributed by atoms with Crippen molar-refractivity contribution < 1.29 is 23.9 Å². The lowest BCUT2D eigenvalue weighted by atomic mass is 10.1. The maximum Gasteiger partial charge on any atom is 0.309 e. The van der Waals surface area contributed by atoms with E-state index in [0.717, 1.165) is 15.9 Å². The summed E-state index contributed by atoms with van der Waals surface area (Å²) < 4.78 is 12.0. The number of benzene rings is 3. The fraction of sp³-hybridized carbons (Fsp3) is 0.286. The third-order valence-electron chi connectivity index (χ3n) is 5.92. The Bertz CT molecular complexity index is 1020. The van der Waals surface area contributed by atoms with Crippen LogP contribution in [0.1, 0.15) is 32.8 Å². The number of carbonyl (C=O) groups is 2. The van der Waals surface area contributed by atoms with Gasteiger partial charge in [-0.1, -0.05) is 112 Å². The summed E-state index contributed by atoms with van der Waals surface area (Å²) in [5, 5.41) is 11.7. The zero-order chi connectivity index (χ0) is 24.6. The van der Waals surface area contributed by atoms with E-state index in [-0.39, 0.29) is 24.7 Å². The summed E-state index contributed by atoms with van der Waals surface area (Å²) in [5.74, 6) is -2.64. The zero-order valence-corrected chi connectivity index (χ0v) is 20.9. The molecule has 0 amide bonds. The molecule has 0 aromatic heterocycles. The van der Waals surface area contributed by atoms with Crippen LogP contribution in [0, 0.1) is 5.92 Å². The Morgan fingerprint density at radius 3 is 1.74 bits per heavy atom. The van der Waals surface area contributed by atoms with Crippen LogP contribution in [-0.2, 0) is 25.4 Å². The molecular weight excluding hydrogens is 444 g/mol. The molecule has 0 bridgehead atoms. The van der Waals surface area contributed by atoms with E-state index in [4.69, 9.17) is 9.16 Å². The van der Waals surface area contributed by atoms with Crippen molar-refractivity contribution in [3.63, 3.8) is 0 Å². The van der Waals surface area contributed by atoms with E-state index < -0.39 is 26.2 Å². The third kappa shape index (κ3) is 6.01. The predicted octanol–water partition coefficient (Wildman–Crippen LogP) is 4.40. The van der Waals surface area contributed by atoms with Crippen molar-refractivity contribution in [1.82, 2.24) is 0 Å². The van der Waals surface area contributed by atoms with Crippen molar-refractivity contribution in [2.24, 2.45) is 5.92 Å². The molecule has 3 rings (SSSR count). The second-order valence-electron chi connectivity index (χ2n) is 9.36. The first-order chi connectivity index (χ1) is 16.2. The third-order valence-corrected chi connectivity index (χ3v) is 10.9. The van der Waals surface area contributed by atoms with Crippen LogP contribution in [0.25, 0.3) is 0 Å². The van der Waals surface area contributed by atoms with Crippen LogP contribution in [0.4, 0.5) is 0 Å². The molecular formula is C28H32O5Si. The van der Waals surface area contributed by atoms with Crippen molar-refractivity contribution in [2.75, 3.05) is 6.61 Å². The van der Waals surface area contributed by atoms with Gasteiger partial charge in [-0.15, -0.1) is 0 Å². The number of aliphatic carboxylic acids is 1. The van der Waals surface area contributed by atoms with E-state index in [9.17, 15) is 14.7 Å². The summed E-state index contributed by atoms with van der Waals surface area (Å²) in [5.41, 5.74) is 0.853. The first kappa shape index (κ1) is 25.4. The summed E-state index contributed by atoms with van der Waals surface area (Å²) >= 11 is 0. The molecule has 0 aliphatic heterocycles. The molecule has 5 nitrogen and oxygen atoms in total. The van der Waals surface area contributed by atoms with Gasteiger partial charge in [0.25, 0.3) is 8.32 Å². The number of carboxylic acid groups (broad SMARTS) is 1. The summed E-state index contributed by atoms with van der Waals surface area (Å²) in [4.78, 5) is 24.5. The highest BCUT2D eigenvalue weighted by atomic mass is 28.4. The molecule has 178 valence electrons. The average molecular weight is 477 g/mol. The Hall–Kier alpha value is -3.22. The van der Waals surface area contributed by atoms with Gasteiger partial charge in [-0.05, 0) is 21.0 Å². The molecule has 0 heterocycles. The average Bonchev–Trinajstić information content (AvgIpc) is 2.83. The van der Waals surface area contributed by atoms with E-state index in [1.165, 1.54) is 0 Å². The molecule has 3 aromatic carbocycles. The number of ether oxygens (including phenoxy) is 1. The van der Waals surface area contributed by atoms with Gasteiger partial charge in [0, 0.05) is 6.61 Å². The first-order valence-electron chi connectivity index (χ1n) is 11.4. The van der Waals surface area contributed by atoms with Crippen molar-refractivity contribution in [3.05, 3.63) is 96.6 Å². The van der Waals surface area contributed by atoms with E-state index in [1.807, 2.05) is 91.0 Å². The molecule has 0 fully saturated rings. The topological polar surface area (TPSA) is 72.8 Å². The van der Waals surface area contributed by atoms with Gasteiger partial charge in [0.15, 0.2) is 0 Å². The molecule has 0 saturated carbocycles. The molecule has 0 aliphatic carbocycles. The highest BCUT2D eigenvalue weighted by molar-refractivity contribution is 6.99. The zero-order valence-electron chi connectivity index (χ0n) is 19.9. The second-order valence-corrected chi connectivity index (χ2v) is 13.7. The summed E-state index contributed by atoms with van der Waals surface area (Å²) in [6.07, 6.45) is -0.250. The van der Waals surface area contributed by atoms with E-state index in [1.54, 1.807) is 0 Å². The van der Waals surface area contributed by atoms with Gasteiger partial charge < -0.3 is 14.3 Å². The largest absolute Gasteiger partial charge is 0.481 e. The van der Waals surface area contributed by atoms with Crippen LogP contribution in [0.15, 0.2) is 91.0 Å². The van der Waals surface area contributed by atoms with E-state index >= 15 is 0 Å². The fourth-order valence-electron chi connectivity index (χ4n) is 4.20. The van der Waals surface area contributed by atoms with Gasteiger partial charge in [-0.3, -0.25) is 9.59 Å². The lowest BCUT2D eigenvalue weighted by Gasteiger charge is -2.43. The number of hydrogen-bond donors (Lipinski definition) is 1. The van der Waals surface area contributed by atoms with Crippen LogP contribution in [-0.4, -0.2) is 32.0 Å².